The topological polar surface area (TPSA) is 58.8 Å². The molecular weight excluding hydrogens is 266 g/mol. The highest BCUT2D eigenvalue weighted by Crippen LogP contribution is 2.25. The van der Waals surface area contributed by atoms with Crippen LogP contribution in [-0.4, -0.2) is 51.2 Å². The van der Waals surface area contributed by atoms with E-state index in [1.165, 1.54) is 6.42 Å². The number of carbonyl (C=O) groups is 1. The zero-order valence-electron chi connectivity index (χ0n) is 13.1. The lowest BCUT2D eigenvalue weighted by atomic mass is 10.1. The van der Waals surface area contributed by atoms with Crippen molar-refractivity contribution in [3.05, 3.63) is 23.8 Å². The molecule has 1 aromatic rings. The number of nitrogens with zero attached hydrogens (tertiary/aromatic N) is 2. The van der Waals surface area contributed by atoms with Gasteiger partial charge in [0.05, 0.1) is 17.4 Å². The van der Waals surface area contributed by atoms with E-state index in [0.717, 1.165) is 31.7 Å². The Labute approximate surface area is 126 Å². The van der Waals surface area contributed by atoms with Gasteiger partial charge in [0.1, 0.15) is 0 Å². The lowest BCUT2D eigenvalue weighted by Gasteiger charge is -2.30. The molecule has 5 heteroatoms. The van der Waals surface area contributed by atoms with Gasteiger partial charge in [-0.15, -0.1) is 0 Å². The van der Waals surface area contributed by atoms with Crippen LogP contribution in [0.3, 0.4) is 0 Å². The first-order valence-electron chi connectivity index (χ1n) is 7.43. The van der Waals surface area contributed by atoms with Crippen LogP contribution in [-0.2, 0) is 4.74 Å². The Balaban J connectivity index is 2.19. The average Bonchev–Trinajstić information content (AvgIpc) is 2.47. The lowest BCUT2D eigenvalue weighted by Crippen LogP contribution is -2.35. The maximum absolute atomic E-state index is 12.3. The molecule has 21 heavy (non-hydrogen) atoms. The third-order valence-electron chi connectivity index (χ3n) is 3.82. The highest BCUT2D eigenvalue weighted by atomic mass is 16.5. The van der Waals surface area contributed by atoms with Gasteiger partial charge in [0, 0.05) is 40.0 Å². The zero-order chi connectivity index (χ0) is 15.4. The fraction of sp³-hybridized carbons (Fsp3) is 0.562. The average molecular weight is 291 g/mol. The van der Waals surface area contributed by atoms with Crippen LogP contribution in [0.5, 0.6) is 0 Å². The summed E-state index contributed by atoms with van der Waals surface area (Å²) in [6.45, 7) is 1.61. The van der Waals surface area contributed by atoms with Gasteiger partial charge in [-0.3, -0.25) is 4.79 Å². The van der Waals surface area contributed by atoms with E-state index in [1.54, 1.807) is 31.1 Å². The molecule has 1 aliphatic heterocycles. The molecule has 1 amide bonds. The highest BCUT2D eigenvalue weighted by molar-refractivity contribution is 6.00. The summed E-state index contributed by atoms with van der Waals surface area (Å²) in [5, 5.41) is 0. The van der Waals surface area contributed by atoms with E-state index in [2.05, 4.69) is 4.90 Å². The van der Waals surface area contributed by atoms with Crippen LogP contribution in [0.15, 0.2) is 18.2 Å². The van der Waals surface area contributed by atoms with Gasteiger partial charge in [-0.1, -0.05) is 0 Å². The Hall–Kier alpha value is -1.75. The van der Waals surface area contributed by atoms with Gasteiger partial charge in [0.25, 0.3) is 5.91 Å². The number of benzene rings is 1. The Bertz CT molecular complexity index is 496. The zero-order valence-corrected chi connectivity index (χ0v) is 13.1. The smallest absolute Gasteiger partial charge is 0.255 e. The molecule has 0 spiro atoms. The fourth-order valence-electron chi connectivity index (χ4n) is 2.64. The minimum atomic E-state index is -0.0126. The second-order valence-corrected chi connectivity index (χ2v) is 5.85. The summed E-state index contributed by atoms with van der Waals surface area (Å²) < 4.78 is 5.78. The van der Waals surface area contributed by atoms with Gasteiger partial charge in [0.15, 0.2) is 0 Å². The summed E-state index contributed by atoms with van der Waals surface area (Å²) in [6, 6.07) is 5.43. The van der Waals surface area contributed by atoms with Crippen LogP contribution in [0.1, 0.15) is 29.6 Å². The molecular formula is C16H25N3O2. The molecule has 1 aliphatic rings. The molecule has 0 bridgehead atoms. The summed E-state index contributed by atoms with van der Waals surface area (Å²) >= 11 is 0. The standard InChI is InChI=1S/C16H25N3O2/c1-18(2)16(20)14-8-7-12(17)10-15(14)19(3)11-13-6-4-5-9-21-13/h7-8,10,13H,4-6,9,11,17H2,1-3H3. The number of nitrogen functional groups attached to an aromatic ring is 1. The Kier molecular flexibility index (Phi) is 5.07. The molecule has 5 nitrogen and oxygen atoms in total. The van der Waals surface area contributed by atoms with E-state index in [0.29, 0.717) is 11.3 Å². The minimum Gasteiger partial charge on any atom is -0.399 e. The van der Waals surface area contributed by atoms with Gasteiger partial charge in [-0.05, 0) is 37.5 Å². The third-order valence-corrected chi connectivity index (χ3v) is 3.82. The summed E-state index contributed by atoms with van der Waals surface area (Å²) in [5.74, 6) is -0.0126. The third kappa shape index (κ3) is 3.88. The minimum absolute atomic E-state index is 0.0126. The van der Waals surface area contributed by atoms with Gasteiger partial charge in [0.2, 0.25) is 0 Å². The number of carbonyl (C=O) groups excluding carboxylic acids is 1. The molecule has 0 aromatic heterocycles. The van der Waals surface area contributed by atoms with Crippen molar-refractivity contribution in [2.24, 2.45) is 0 Å². The molecule has 1 atom stereocenters. The highest BCUT2D eigenvalue weighted by Gasteiger charge is 2.20. The van der Waals surface area contributed by atoms with Crippen LogP contribution in [0.4, 0.5) is 11.4 Å². The summed E-state index contributed by atoms with van der Waals surface area (Å²) in [6.07, 6.45) is 3.65. The molecule has 2 N–H and O–H groups in total. The summed E-state index contributed by atoms with van der Waals surface area (Å²) in [5.41, 5.74) is 8.09. The molecule has 1 saturated heterocycles. The molecule has 0 saturated carbocycles. The lowest BCUT2D eigenvalue weighted by molar-refractivity contribution is 0.0216. The molecule has 0 radical (unpaired) electrons. The first-order valence-corrected chi connectivity index (χ1v) is 7.43. The monoisotopic (exact) mass is 291 g/mol. The van der Waals surface area contributed by atoms with Gasteiger partial charge >= 0.3 is 0 Å². The second kappa shape index (κ2) is 6.80. The van der Waals surface area contributed by atoms with E-state index >= 15 is 0 Å². The van der Waals surface area contributed by atoms with Crippen molar-refractivity contribution < 1.29 is 9.53 Å². The molecule has 2 rings (SSSR count). The van der Waals surface area contributed by atoms with Crippen molar-refractivity contribution in [1.82, 2.24) is 4.90 Å². The number of nitrogens with two attached hydrogens (primary N) is 1. The molecule has 116 valence electrons. The van der Waals surface area contributed by atoms with Crippen LogP contribution in [0, 0.1) is 0 Å². The van der Waals surface area contributed by atoms with Crippen molar-refractivity contribution >= 4 is 17.3 Å². The second-order valence-electron chi connectivity index (χ2n) is 5.85. The van der Waals surface area contributed by atoms with Crippen LogP contribution in [0.25, 0.3) is 0 Å². The predicted octanol–water partition coefficient (Wildman–Crippen LogP) is 1.98. The van der Waals surface area contributed by atoms with Crippen molar-refractivity contribution in [1.29, 1.82) is 0 Å². The SMILES string of the molecule is CN(C)C(=O)c1ccc(N)cc1N(C)CC1CCCCO1. The summed E-state index contributed by atoms with van der Waals surface area (Å²) in [4.78, 5) is 16.0. The first-order chi connectivity index (χ1) is 9.99. The van der Waals surface area contributed by atoms with Crippen LogP contribution in [0.2, 0.25) is 0 Å². The van der Waals surface area contributed by atoms with Crippen molar-refractivity contribution in [2.75, 3.05) is 44.9 Å². The van der Waals surface area contributed by atoms with Gasteiger partial charge in [-0.2, -0.15) is 0 Å². The number of hydrogen-bond donors (Lipinski definition) is 1. The van der Waals surface area contributed by atoms with Gasteiger partial charge in [-0.25, -0.2) is 0 Å². The quantitative estimate of drug-likeness (QED) is 0.862. The van der Waals surface area contributed by atoms with Crippen LogP contribution < -0.4 is 10.6 Å². The van der Waals surface area contributed by atoms with Crippen molar-refractivity contribution in [3.63, 3.8) is 0 Å². The molecule has 1 aromatic carbocycles. The largest absolute Gasteiger partial charge is 0.399 e. The number of amides is 1. The maximum Gasteiger partial charge on any atom is 0.255 e. The van der Waals surface area contributed by atoms with E-state index in [4.69, 9.17) is 10.5 Å². The Morgan fingerprint density at radius 2 is 2.10 bits per heavy atom. The number of ether oxygens (including phenoxy) is 1. The Morgan fingerprint density at radius 3 is 2.71 bits per heavy atom. The summed E-state index contributed by atoms with van der Waals surface area (Å²) in [7, 11) is 5.50. The maximum atomic E-state index is 12.3. The van der Waals surface area contributed by atoms with E-state index in [1.807, 2.05) is 13.1 Å². The van der Waals surface area contributed by atoms with Crippen molar-refractivity contribution in [2.45, 2.75) is 25.4 Å². The molecule has 0 aliphatic carbocycles. The Morgan fingerprint density at radius 1 is 1.33 bits per heavy atom. The number of hydrogen-bond acceptors (Lipinski definition) is 4. The van der Waals surface area contributed by atoms with Crippen LogP contribution >= 0.6 is 0 Å². The number of likely N-dealkylation sites (N-methyl/N-ethyl adjacent to an activating group) is 1. The fourth-order valence-corrected chi connectivity index (χ4v) is 2.64. The molecule has 1 fully saturated rings. The predicted molar refractivity (Wildman–Crippen MR) is 85.7 cm³/mol. The number of rotatable bonds is 4. The normalized spacial score (nSPS) is 18.3. The molecule has 1 unspecified atom stereocenters. The van der Waals surface area contributed by atoms with Gasteiger partial charge < -0.3 is 20.3 Å². The first kappa shape index (κ1) is 15.6. The van der Waals surface area contributed by atoms with E-state index in [9.17, 15) is 4.79 Å². The van der Waals surface area contributed by atoms with E-state index in [-0.39, 0.29) is 12.0 Å². The van der Waals surface area contributed by atoms with E-state index < -0.39 is 0 Å². The van der Waals surface area contributed by atoms with Crippen molar-refractivity contribution in [3.8, 4) is 0 Å². The molecule has 1 heterocycles. The number of anilines is 2.